The Morgan fingerprint density at radius 1 is 0.879 bits per heavy atom. The molecule has 0 saturated carbocycles. The standard InChI is InChI=1S/C26H29N3O3S/c1-28(33(31,32)25-8-4-2-5-9-25)23-16-12-22(13-17-23)26(30)27-20-21-10-14-24(15-11-21)29-18-6-3-7-19-29/h2,4-5,8-17H,3,6-7,18-20H2,1H3,(H,27,30). The van der Waals surface area contributed by atoms with Crippen LogP contribution in [-0.4, -0.2) is 34.5 Å². The SMILES string of the molecule is CN(c1ccc(C(=O)NCc2ccc(N3CCCCC3)cc2)cc1)S(=O)(=O)c1ccccc1. The molecule has 7 heteroatoms. The Hall–Kier alpha value is -3.32. The molecule has 1 heterocycles. The molecule has 0 spiro atoms. The van der Waals surface area contributed by atoms with E-state index < -0.39 is 10.0 Å². The average molecular weight is 464 g/mol. The summed E-state index contributed by atoms with van der Waals surface area (Å²) in [5.74, 6) is -0.199. The highest BCUT2D eigenvalue weighted by Gasteiger charge is 2.21. The van der Waals surface area contributed by atoms with E-state index in [0.717, 1.165) is 18.7 Å². The zero-order chi connectivity index (χ0) is 23.3. The van der Waals surface area contributed by atoms with Crippen LogP contribution in [0.5, 0.6) is 0 Å². The normalized spacial score (nSPS) is 14.0. The van der Waals surface area contributed by atoms with Crippen molar-refractivity contribution >= 4 is 27.3 Å². The van der Waals surface area contributed by atoms with Crippen LogP contribution in [0, 0.1) is 0 Å². The molecule has 0 unspecified atom stereocenters. The first-order chi connectivity index (χ1) is 15.9. The lowest BCUT2D eigenvalue weighted by molar-refractivity contribution is 0.0951. The minimum absolute atomic E-state index is 0.199. The van der Waals surface area contributed by atoms with Gasteiger partial charge in [0, 0.05) is 37.9 Å². The maximum absolute atomic E-state index is 12.8. The van der Waals surface area contributed by atoms with Crippen LogP contribution in [0.4, 0.5) is 11.4 Å². The maximum atomic E-state index is 12.8. The number of sulfonamides is 1. The quantitative estimate of drug-likeness (QED) is 0.563. The van der Waals surface area contributed by atoms with Crippen LogP contribution in [-0.2, 0) is 16.6 Å². The summed E-state index contributed by atoms with van der Waals surface area (Å²) in [7, 11) is -2.15. The summed E-state index contributed by atoms with van der Waals surface area (Å²) in [4.78, 5) is 15.2. The number of hydrogen-bond acceptors (Lipinski definition) is 4. The molecule has 1 saturated heterocycles. The van der Waals surface area contributed by atoms with E-state index >= 15 is 0 Å². The summed E-state index contributed by atoms with van der Waals surface area (Å²) in [5, 5.41) is 2.93. The molecule has 0 bridgehead atoms. The van der Waals surface area contributed by atoms with Crippen molar-refractivity contribution in [3.05, 3.63) is 90.0 Å². The molecular weight excluding hydrogens is 434 g/mol. The summed E-state index contributed by atoms with van der Waals surface area (Å²) in [6, 6.07) is 23.2. The number of anilines is 2. The van der Waals surface area contributed by atoms with Crippen LogP contribution in [0.1, 0.15) is 35.2 Å². The van der Waals surface area contributed by atoms with Crippen molar-refractivity contribution in [2.75, 3.05) is 29.3 Å². The minimum atomic E-state index is -3.65. The van der Waals surface area contributed by atoms with Crippen LogP contribution in [0.3, 0.4) is 0 Å². The Morgan fingerprint density at radius 2 is 1.52 bits per heavy atom. The fourth-order valence-electron chi connectivity index (χ4n) is 3.97. The van der Waals surface area contributed by atoms with Gasteiger partial charge in [-0.05, 0) is 73.4 Å². The lowest BCUT2D eigenvalue weighted by atomic mass is 10.1. The first-order valence-electron chi connectivity index (χ1n) is 11.2. The van der Waals surface area contributed by atoms with Crippen molar-refractivity contribution < 1.29 is 13.2 Å². The Balaban J connectivity index is 1.35. The molecule has 3 aromatic rings. The molecule has 0 atom stereocenters. The molecule has 0 aromatic heterocycles. The van der Waals surface area contributed by atoms with E-state index in [0.29, 0.717) is 17.8 Å². The topological polar surface area (TPSA) is 69.7 Å². The Bertz CT molecular complexity index is 1170. The molecule has 1 aliphatic rings. The number of carbonyl (C=O) groups excluding carboxylic acids is 1. The molecular formula is C26H29N3O3S. The van der Waals surface area contributed by atoms with Gasteiger partial charge in [-0.15, -0.1) is 0 Å². The molecule has 1 aliphatic heterocycles. The predicted molar refractivity (Wildman–Crippen MR) is 132 cm³/mol. The summed E-state index contributed by atoms with van der Waals surface area (Å²) >= 11 is 0. The molecule has 0 aliphatic carbocycles. The molecule has 172 valence electrons. The van der Waals surface area contributed by atoms with Crippen LogP contribution < -0.4 is 14.5 Å². The number of rotatable bonds is 7. The number of piperidine rings is 1. The zero-order valence-electron chi connectivity index (χ0n) is 18.8. The Kier molecular flexibility index (Phi) is 6.99. The van der Waals surface area contributed by atoms with Gasteiger partial charge in [-0.25, -0.2) is 8.42 Å². The zero-order valence-corrected chi connectivity index (χ0v) is 19.6. The van der Waals surface area contributed by atoms with Crippen LogP contribution in [0.2, 0.25) is 0 Å². The predicted octanol–water partition coefficient (Wildman–Crippen LogP) is 4.43. The fourth-order valence-corrected chi connectivity index (χ4v) is 5.19. The lowest BCUT2D eigenvalue weighted by Crippen LogP contribution is -2.29. The van der Waals surface area contributed by atoms with E-state index in [-0.39, 0.29) is 10.8 Å². The number of carbonyl (C=O) groups is 1. The maximum Gasteiger partial charge on any atom is 0.264 e. The third kappa shape index (κ3) is 5.37. The molecule has 3 aromatic carbocycles. The van der Waals surface area contributed by atoms with Gasteiger partial charge in [0.05, 0.1) is 10.6 Å². The van der Waals surface area contributed by atoms with Gasteiger partial charge >= 0.3 is 0 Å². The highest BCUT2D eigenvalue weighted by Crippen LogP contribution is 2.23. The fraction of sp³-hybridized carbons (Fsp3) is 0.269. The van der Waals surface area contributed by atoms with Gasteiger partial charge in [-0.2, -0.15) is 0 Å². The van der Waals surface area contributed by atoms with Crippen LogP contribution >= 0.6 is 0 Å². The number of hydrogen-bond donors (Lipinski definition) is 1. The Labute approximate surface area is 195 Å². The van der Waals surface area contributed by atoms with Crippen molar-refractivity contribution in [3.8, 4) is 0 Å². The number of benzene rings is 3. The van der Waals surface area contributed by atoms with E-state index in [1.807, 2.05) is 0 Å². The number of nitrogens with one attached hydrogen (secondary N) is 1. The second-order valence-electron chi connectivity index (χ2n) is 8.23. The summed E-state index contributed by atoms with van der Waals surface area (Å²) in [6.45, 7) is 2.64. The molecule has 33 heavy (non-hydrogen) atoms. The van der Waals surface area contributed by atoms with Gasteiger partial charge in [-0.1, -0.05) is 30.3 Å². The second-order valence-corrected chi connectivity index (χ2v) is 10.2. The van der Waals surface area contributed by atoms with Gasteiger partial charge in [-0.3, -0.25) is 9.10 Å². The Morgan fingerprint density at radius 3 is 2.15 bits per heavy atom. The number of nitrogens with zero attached hydrogens (tertiary/aromatic N) is 2. The van der Waals surface area contributed by atoms with Crippen molar-refractivity contribution in [1.29, 1.82) is 0 Å². The first kappa shape index (κ1) is 22.9. The van der Waals surface area contributed by atoms with E-state index in [2.05, 4.69) is 34.5 Å². The number of amides is 1. The third-order valence-corrected chi connectivity index (χ3v) is 7.81. The van der Waals surface area contributed by atoms with E-state index in [9.17, 15) is 13.2 Å². The molecule has 1 fully saturated rings. The van der Waals surface area contributed by atoms with E-state index in [1.165, 1.54) is 36.3 Å². The van der Waals surface area contributed by atoms with Gasteiger partial charge in [0.25, 0.3) is 15.9 Å². The summed E-state index contributed by atoms with van der Waals surface area (Å²) in [6.07, 6.45) is 3.79. The van der Waals surface area contributed by atoms with Gasteiger partial charge in [0.2, 0.25) is 0 Å². The monoisotopic (exact) mass is 463 g/mol. The first-order valence-corrected chi connectivity index (χ1v) is 12.7. The average Bonchev–Trinajstić information content (AvgIpc) is 2.88. The molecule has 6 nitrogen and oxygen atoms in total. The van der Waals surface area contributed by atoms with Crippen LogP contribution in [0.25, 0.3) is 0 Å². The second kappa shape index (κ2) is 10.1. The van der Waals surface area contributed by atoms with E-state index in [4.69, 9.17) is 0 Å². The van der Waals surface area contributed by atoms with Gasteiger partial charge in [0.1, 0.15) is 0 Å². The molecule has 1 amide bonds. The largest absolute Gasteiger partial charge is 0.372 e. The van der Waals surface area contributed by atoms with Crippen LogP contribution in [0.15, 0.2) is 83.8 Å². The van der Waals surface area contributed by atoms with Crippen molar-refractivity contribution in [2.45, 2.75) is 30.7 Å². The highest BCUT2D eigenvalue weighted by molar-refractivity contribution is 7.92. The summed E-state index contributed by atoms with van der Waals surface area (Å²) < 4.78 is 26.8. The van der Waals surface area contributed by atoms with Gasteiger partial charge in [0.15, 0.2) is 0 Å². The van der Waals surface area contributed by atoms with Crippen molar-refractivity contribution in [3.63, 3.8) is 0 Å². The molecule has 1 N–H and O–H groups in total. The van der Waals surface area contributed by atoms with E-state index in [1.54, 1.807) is 54.6 Å². The third-order valence-electron chi connectivity index (χ3n) is 6.01. The molecule has 4 rings (SSSR count). The lowest BCUT2D eigenvalue weighted by Gasteiger charge is -2.28. The van der Waals surface area contributed by atoms with Crippen molar-refractivity contribution in [1.82, 2.24) is 5.32 Å². The highest BCUT2D eigenvalue weighted by atomic mass is 32.2. The summed E-state index contributed by atoms with van der Waals surface area (Å²) in [5.41, 5.74) is 3.24. The molecule has 0 radical (unpaired) electrons. The smallest absolute Gasteiger partial charge is 0.264 e. The van der Waals surface area contributed by atoms with Crippen molar-refractivity contribution in [2.24, 2.45) is 0 Å². The minimum Gasteiger partial charge on any atom is -0.372 e. The van der Waals surface area contributed by atoms with Gasteiger partial charge < -0.3 is 10.2 Å².